The fourth-order valence-corrected chi connectivity index (χ4v) is 4.22. The molecule has 0 aromatic heterocycles. The SMILES string of the molecule is COC(=O)C(N)Cc1ccc(Oc2ccc(CC3CNCS3)c(C(F)(F)F)c2)cc1. The molecule has 1 aliphatic rings. The van der Waals surface area contributed by atoms with Gasteiger partial charge in [-0.3, -0.25) is 4.79 Å². The fourth-order valence-electron chi connectivity index (χ4n) is 3.21. The van der Waals surface area contributed by atoms with E-state index >= 15 is 0 Å². The van der Waals surface area contributed by atoms with Crippen molar-refractivity contribution in [1.82, 2.24) is 5.32 Å². The second-order valence-corrected chi connectivity index (χ2v) is 8.28. The summed E-state index contributed by atoms with van der Waals surface area (Å²) in [5.41, 5.74) is 6.11. The lowest BCUT2D eigenvalue weighted by Gasteiger charge is -2.17. The Bertz CT molecular complexity index is 869. The molecular formula is C21H23F3N2O3S. The third kappa shape index (κ3) is 5.90. The first-order chi connectivity index (χ1) is 14.3. The molecule has 3 rings (SSSR count). The van der Waals surface area contributed by atoms with E-state index < -0.39 is 23.8 Å². The fraction of sp³-hybridized carbons (Fsp3) is 0.381. The van der Waals surface area contributed by atoms with Crippen LogP contribution in [0.3, 0.4) is 0 Å². The lowest BCUT2D eigenvalue weighted by atomic mass is 10.0. The second-order valence-electron chi connectivity index (χ2n) is 6.99. The number of hydrogen-bond acceptors (Lipinski definition) is 6. The van der Waals surface area contributed by atoms with Gasteiger partial charge in [-0.1, -0.05) is 18.2 Å². The van der Waals surface area contributed by atoms with Gasteiger partial charge in [0.05, 0.1) is 12.7 Å². The highest BCUT2D eigenvalue weighted by molar-refractivity contribution is 8.00. The molecule has 30 heavy (non-hydrogen) atoms. The summed E-state index contributed by atoms with van der Waals surface area (Å²) in [5.74, 6) is 0.749. The molecule has 2 aromatic carbocycles. The third-order valence-electron chi connectivity index (χ3n) is 4.75. The molecule has 0 aliphatic carbocycles. The lowest BCUT2D eigenvalue weighted by Crippen LogP contribution is -2.33. The Morgan fingerprint density at radius 1 is 1.23 bits per heavy atom. The van der Waals surface area contributed by atoms with Gasteiger partial charge in [-0.15, -0.1) is 11.8 Å². The van der Waals surface area contributed by atoms with Crippen LogP contribution in [0.5, 0.6) is 11.5 Å². The summed E-state index contributed by atoms with van der Waals surface area (Å²) in [7, 11) is 1.27. The Kier molecular flexibility index (Phi) is 7.27. The molecule has 3 N–H and O–H groups in total. The number of nitrogens with one attached hydrogen (secondary N) is 1. The molecule has 1 aliphatic heterocycles. The van der Waals surface area contributed by atoms with Crippen molar-refractivity contribution < 1.29 is 27.4 Å². The first-order valence-corrected chi connectivity index (χ1v) is 10.4. The Labute approximate surface area is 177 Å². The van der Waals surface area contributed by atoms with Crippen LogP contribution >= 0.6 is 11.8 Å². The van der Waals surface area contributed by atoms with E-state index in [0.717, 1.165) is 17.5 Å². The van der Waals surface area contributed by atoms with Gasteiger partial charge in [0, 0.05) is 17.7 Å². The number of alkyl halides is 3. The predicted octanol–water partition coefficient (Wildman–Crippen LogP) is 3.75. The van der Waals surface area contributed by atoms with Crippen molar-refractivity contribution in [3.8, 4) is 11.5 Å². The summed E-state index contributed by atoms with van der Waals surface area (Å²) in [6.07, 6.45) is -3.82. The first-order valence-electron chi connectivity index (χ1n) is 9.39. The summed E-state index contributed by atoms with van der Waals surface area (Å²) in [5, 5.41) is 3.27. The highest BCUT2D eigenvalue weighted by Crippen LogP contribution is 2.37. The Balaban J connectivity index is 1.72. The minimum absolute atomic E-state index is 0.113. The normalized spacial score (nSPS) is 17.6. The maximum atomic E-state index is 13.6. The van der Waals surface area contributed by atoms with Crippen molar-refractivity contribution in [3.63, 3.8) is 0 Å². The minimum atomic E-state index is -4.46. The van der Waals surface area contributed by atoms with Gasteiger partial charge >= 0.3 is 12.1 Å². The largest absolute Gasteiger partial charge is 0.468 e. The van der Waals surface area contributed by atoms with Gasteiger partial charge in [-0.2, -0.15) is 13.2 Å². The zero-order valence-corrected chi connectivity index (χ0v) is 17.2. The van der Waals surface area contributed by atoms with Gasteiger partial charge in [-0.05, 0) is 48.2 Å². The third-order valence-corrected chi connectivity index (χ3v) is 5.92. The molecule has 0 radical (unpaired) electrons. The van der Waals surface area contributed by atoms with Crippen LogP contribution in [0.1, 0.15) is 16.7 Å². The standard InChI is InChI=1S/C21H23F3N2O3S/c1-28-20(27)19(25)8-13-2-5-15(6-3-13)29-16-7-4-14(9-17-11-26-12-30-17)18(10-16)21(22,23)24/h2-7,10,17,19,26H,8-9,11-12,25H2,1H3. The highest BCUT2D eigenvalue weighted by Gasteiger charge is 2.34. The zero-order valence-electron chi connectivity index (χ0n) is 16.4. The number of nitrogens with two attached hydrogens (primary N) is 1. The van der Waals surface area contributed by atoms with Crippen molar-refractivity contribution >= 4 is 17.7 Å². The van der Waals surface area contributed by atoms with Crippen LogP contribution in [-0.2, 0) is 28.5 Å². The van der Waals surface area contributed by atoms with Gasteiger partial charge in [0.2, 0.25) is 0 Å². The number of carbonyl (C=O) groups is 1. The quantitative estimate of drug-likeness (QED) is 0.639. The molecule has 1 saturated heterocycles. The summed E-state index contributed by atoms with van der Waals surface area (Å²) in [4.78, 5) is 11.4. The molecule has 0 spiro atoms. The number of esters is 1. The number of rotatable bonds is 7. The van der Waals surface area contributed by atoms with Crippen molar-refractivity contribution in [3.05, 3.63) is 59.2 Å². The number of methoxy groups -OCH3 is 1. The minimum Gasteiger partial charge on any atom is -0.468 e. The maximum Gasteiger partial charge on any atom is 0.416 e. The monoisotopic (exact) mass is 440 g/mol. The molecule has 2 atom stereocenters. The van der Waals surface area contributed by atoms with E-state index in [1.54, 1.807) is 42.1 Å². The highest BCUT2D eigenvalue weighted by atomic mass is 32.2. The Morgan fingerprint density at radius 3 is 2.53 bits per heavy atom. The number of hydrogen-bond donors (Lipinski definition) is 2. The summed E-state index contributed by atoms with van der Waals surface area (Å²) in [6, 6.07) is 9.98. The van der Waals surface area contributed by atoms with Crippen LogP contribution in [-0.4, -0.2) is 36.8 Å². The van der Waals surface area contributed by atoms with Crippen molar-refractivity contribution in [2.75, 3.05) is 19.5 Å². The van der Waals surface area contributed by atoms with E-state index in [0.29, 0.717) is 18.7 Å². The van der Waals surface area contributed by atoms with E-state index in [1.165, 1.54) is 13.2 Å². The van der Waals surface area contributed by atoms with Crippen LogP contribution in [0.4, 0.5) is 13.2 Å². The maximum absolute atomic E-state index is 13.6. The van der Waals surface area contributed by atoms with Crippen LogP contribution < -0.4 is 15.8 Å². The second kappa shape index (κ2) is 9.72. The molecule has 5 nitrogen and oxygen atoms in total. The molecule has 2 unspecified atom stereocenters. The van der Waals surface area contributed by atoms with Gasteiger partial charge in [0.15, 0.2) is 0 Å². The van der Waals surface area contributed by atoms with Crippen molar-refractivity contribution in [2.24, 2.45) is 5.73 Å². The summed E-state index contributed by atoms with van der Waals surface area (Å²) in [6.45, 7) is 0.701. The molecule has 162 valence electrons. The van der Waals surface area contributed by atoms with E-state index in [-0.39, 0.29) is 23.0 Å². The molecule has 2 aromatic rings. The molecule has 0 amide bonds. The molecule has 0 saturated carbocycles. The topological polar surface area (TPSA) is 73.6 Å². The van der Waals surface area contributed by atoms with Crippen molar-refractivity contribution in [1.29, 1.82) is 0 Å². The van der Waals surface area contributed by atoms with Crippen LogP contribution in [0.25, 0.3) is 0 Å². The molecule has 1 fully saturated rings. The first kappa shape index (κ1) is 22.5. The van der Waals surface area contributed by atoms with Gasteiger partial charge in [0.1, 0.15) is 17.5 Å². The van der Waals surface area contributed by atoms with E-state index in [4.69, 9.17) is 10.5 Å². The average Bonchev–Trinajstić information content (AvgIpc) is 3.22. The average molecular weight is 440 g/mol. The zero-order chi connectivity index (χ0) is 21.7. The lowest BCUT2D eigenvalue weighted by molar-refractivity contribution is -0.142. The van der Waals surface area contributed by atoms with Crippen LogP contribution in [0, 0.1) is 0 Å². The Morgan fingerprint density at radius 2 is 1.93 bits per heavy atom. The van der Waals surface area contributed by atoms with Crippen molar-refractivity contribution in [2.45, 2.75) is 30.3 Å². The van der Waals surface area contributed by atoms with Crippen LogP contribution in [0.15, 0.2) is 42.5 Å². The number of carbonyl (C=O) groups excluding carboxylic acids is 1. The molecule has 9 heteroatoms. The summed E-state index contributed by atoms with van der Waals surface area (Å²) < 4.78 is 51.0. The van der Waals surface area contributed by atoms with E-state index in [2.05, 4.69) is 10.1 Å². The van der Waals surface area contributed by atoms with Gasteiger partial charge < -0.3 is 20.5 Å². The molecular weight excluding hydrogens is 417 g/mol. The number of halogens is 3. The molecule has 1 heterocycles. The Hall–Kier alpha value is -2.23. The van der Waals surface area contributed by atoms with E-state index in [1.807, 2.05) is 0 Å². The van der Waals surface area contributed by atoms with Gasteiger partial charge in [0.25, 0.3) is 0 Å². The predicted molar refractivity (Wildman–Crippen MR) is 110 cm³/mol. The number of thioether (sulfide) groups is 1. The number of benzene rings is 2. The smallest absolute Gasteiger partial charge is 0.416 e. The van der Waals surface area contributed by atoms with E-state index in [9.17, 15) is 18.0 Å². The summed E-state index contributed by atoms with van der Waals surface area (Å²) >= 11 is 1.62. The van der Waals surface area contributed by atoms with Gasteiger partial charge in [-0.25, -0.2) is 0 Å². The number of ether oxygens (including phenoxy) is 2. The van der Waals surface area contributed by atoms with Crippen LogP contribution in [0.2, 0.25) is 0 Å². The molecule has 0 bridgehead atoms.